The van der Waals surface area contributed by atoms with E-state index in [1.807, 2.05) is 34.7 Å². The second-order valence-corrected chi connectivity index (χ2v) is 17.4. The maximum absolute atomic E-state index is 15.9. The van der Waals surface area contributed by atoms with Crippen LogP contribution in [-0.4, -0.2) is 52.9 Å². The van der Waals surface area contributed by atoms with E-state index in [2.05, 4.69) is 36.4 Å². The largest absolute Gasteiger partial charge is 0.491 e. The minimum Gasteiger partial charge on any atom is -0.491 e. The normalized spacial score (nSPS) is 12.5. The zero-order valence-electron chi connectivity index (χ0n) is 39.1. The van der Waals surface area contributed by atoms with Gasteiger partial charge in [-0.2, -0.15) is 52.7 Å². The highest BCUT2D eigenvalue weighted by atomic mass is 127. The number of hydrogen-bond donors (Lipinski definition) is 0. The molecule has 0 aliphatic heterocycles. The summed E-state index contributed by atoms with van der Waals surface area (Å²) in [5.74, 6) is -69.0. The van der Waals surface area contributed by atoms with Gasteiger partial charge in [0.2, 0.25) is 0 Å². The van der Waals surface area contributed by atoms with Gasteiger partial charge in [0.05, 0.1) is 33.0 Å². The number of benzene rings is 6. The van der Waals surface area contributed by atoms with Crippen molar-refractivity contribution < 1.29 is 164 Å². The Morgan fingerprint density at radius 1 is 0.346 bits per heavy atom. The van der Waals surface area contributed by atoms with E-state index in [1.165, 1.54) is 14.7 Å². The number of alkyl halides is 12. The first-order valence-corrected chi connectivity index (χ1v) is 22.6. The van der Waals surface area contributed by atoms with Gasteiger partial charge in [0.15, 0.2) is 50.1 Å². The highest BCUT2D eigenvalue weighted by molar-refractivity contribution is 7.20. The Balaban J connectivity index is 0.000000416. The Bertz CT molecular complexity index is 2880. The molecule has 81 heavy (non-hydrogen) atoms. The average molecular weight is 1320 g/mol. The highest BCUT2D eigenvalue weighted by Gasteiger charge is 2.56. The quantitative estimate of drug-likeness (QED) is 0.0338. The van der Waals surface area contributed by atoms with E-state index < -0.39 is 168 Å². The summed E-state index contributed by atoms with van der Waals surface area (Å²) in [4.78, 5) is 0. The molecule has 6 aromatic rings. The lowest BCUT2D eigenvalue weighted by Gasteiger charge is -2.45. The molecule has 0 saturated carbocycles. The first-order chi connectivity index (χ1) is 37.4. The Labute approximate surface area is 447 Å². The summed E-state index contributed by atoms with van der Waals surface area (Å²) in [6.07, 6.45) is -35.7. The molecule has 6 aromatic carbocycles. The van der Waals surface area contributed by atoms with Crippen molar-refractivity contribution in [1.82, 2.24) is 0 Å². The molecule has 0 atom stereocenters. The van der Waals surface area contributed by atoms with Gasteiger partial charge in [0.1, 0.15) is 87.3 Å². The van der Waals surface area contributed by atoms with E-state index in [9.17, 15) is 52.7 Å². The van der Waals surface area contributed by atoms with E-state index in [0.29, 0.717) is 39.6 Å². The number of methoxy groups -OCH3 is 1. The lowest BCUT2D eigenvalue weighted by molar-refractivity contribution is -0.326. The molecule has 0 radical (unpaired) electrons. The summed E-state index contributed by atoms with van der Waals surface area (Å²) in [6.45, 7) is 3.44. The van der Waals surface area contributed by atoms with Crippen LogP contribution in [0.25, 0.3) is 11.1 Å². The van der Waals surface area contributed by atoms with Gasteiger partial charge in [-0.1, -0.05) is 24.3 Å². The number of halogens is 29. The fourth-order valence-corrected chi connectivity index (χ4v) is 8.85. The van der Waals surface area contributed by atoms with Crippen molar-refractivity contribution in [3.05, 3.63) is 167 Å². The molecule has 0 aliphatic carbocycles. The molecule has 0 N–H and O–H groups in total. The molecule has 34 heteroatoms. The first-order valence-electron chi connectivity index (χ1n) is 21.4. The molecule has 0 aromatic heterocycles. The van der Waals surface area contributed by atoms with Gasteiger partial charge < -0.3 is 18.9 Å². The minimum absolute atomic E-state index is 0.530. The molecule has 6 rings (SSSR count). The molecule has 4 nitrogen and oxygen atoms in total. The van der Waals surface area contributed by atoms with Crippen LogP contribution in [0.2, 0.25) is 0 Å². The second-order valence-electron chi connectivity index (χ2n) is 16.1. The zero-order chi connectivity index (χ0) is 61.4. The molecule has 0 bridgehead atoms. The van der Waals surface area contributed by atoms with E-state index in [-0.39, 0.29) is 0 Å². The van der Waals surface area contributed by atoms with E-state index >= 15 is 70.2 Å². The van der Waals surface area contributed by atoms with Crippen LogP contribution in [-0.2, 0) is 38.9 Å². The molecule has 0 heterocycles. The fourth-order valence-electron chi connectivity index (χ4n) is 8.10. The van der Waals surface area contributed by atoms with Gasteiger partial charge >= 0.3 is 24.7 Å². The third-order valence-corrected chi connectivity index (χ3v) is 12.4. The van der Waals surface area contributed by atoms with Crippen LogP contribution in [0.15, 0.2) is 48.5 Å². The predicted molar refractivity (Wildman–Crippen MR) is 220 cm³/mol. The van der Waals surface area contributed by atoms with Crippen LogP contribution in [0.3, 0.4) is 0 Å². The van der Waals surface area contributed by atoms with Crippen molar-refractivity contribution in [1.29, 1.82) is 0 Å². The van der Waals surface area contributed by atoms with E-state index in [1.54, 1.807) is 7.11 Å². The molecule has 0 unspecified atom stereocenters. The SMILES string of the molecule is COCCOCCOCCOc1ccc(-c2ccccc2[IH+])cc1.Fc1c(F)c(C(F)(F)F)c(F)c(F)c1[B-](c1c(F)c(F)c(C(F)(F)F)c(F)c1F)(c1c(F)c(F)c(C(F)(F)F)c(F)c1F)c1c(F)c(F)c(C(F)(F)F)c(F)c1F. The van der Waals surface area contributed by atoms with Crippen molar-refractivity contribution in [2.45, 2.75) is 24.7 Å². The summed E-state index contributed by atoms with van der Waals surface area (Å²) in [6, 6.07) is 16.5. The van der Waals surface area contributed by atoms with Crippen LogP contribution < -0.4 is 49.2 Å². The van der Waals surface area contributed by atoms with Crippen molar-refractivity contribution in [3.63, 3.8) is 0 Å². The van der Waals surface area contributed by atoms with Crippen LogP contribution in [0.5, 0.6) is 5.75 Å². The van der Waals surface area contributed by atoms with Crippen LogP contribution in [0.4, 0.5) is 123 Å². The third-order valence-electron chi connectivity index (χ3n) is 11.4. The lowest BCUT2D eigenvalue weighted by Crippen LogP contribution is -3.34. The summed E-state index contributed by atoms with van der Waals surface area (Å²) < 4.78 is 432. The van der Waals surface area contributed by atoms with E-state index in [4.69, 9.17) is 18.9 Å². The standard InChI is InChI=1S/C28BF28.C19H24IO4/c30-9-1(25(46,47)48)10(31)18(39)5(17(9)38)29(6-19(40)11(32)2(26(49,50)51)12(33)20(6)41,7-21(42)13(34)3(27(52,53)54)14(35)22(7)43)8-23(44)15(36)4(28(55,56)57)16(37)24(8)45;1-21-10-11-22-12-13-23-14-15-24-17-8-6-16(7-9-17)18-4-2-3-5-19(18)20/h;2-9,20H,10-15H2,1H3/q-1;+1. The Hall–Kier alpha value is -6.17. The van der Waals surface area contributed by atoms with Crippen LogP contribution >= 0.6 is 0 Å². The molecule has 0 aliphatic rings. The molecule has 0 spiro atoms. The van der Waals surface area contributed by atoms with Gasteiger partial charge in [-0.05, 0) is 29.8 Å². The summed E-state index contributed by atoms with van der Waals surface area (Å²) >= 11 is 2.04. The summed E-state index contributed by atoms with van der Waals surface area (Å²) in [5.41, 5.74) is -30.9. The van der Waals surface area contributed by atoms with Gasteiger partial charge in [0, 0.05) is 12.7 Å². The minimum atomic E-state index is -8.18. The van der Waals surface area contributed by atoms with Gasteiger partial charge in [0.25, 0.3) is 22.6 Å². The number of hydrogen-bond acceptors (Lipinski definition) is 4. The molecule has 0 saturated heterocycles. The monoisotopic (exact) mass is 1320 g/mol. The van der Waals surface area contributed by atoms with Crippen molar-refractivity contribution in [2.75, 3.05) is 46.8 Å². The fraction of sp³-hybridized carbons (Fsp3) is 0.234. The second kappa shape index (κ2) is 24.7. The van der Waals surface area contributed by atoms with E-state index in [0.717, 1.165) is 5.75 Å². The van der Waals surface area contributed by atoms with Gasteiger partial charge in [-0.15, -0.1) is 21.9 Å². The molecule has 0 amide bonds. The maximum Gasteiger partial charge on any atom is 0.422 e. The van der Waals surface area contributed by atoms with Gasteiger partial charge in [-0.3, -0.25) is 0 Å². The van der Waals surface area contributed by atoms with Crippen LogP contribution in [0.1, 0.15) is 22.3 Å². The summed E-state index contributed by atoms with van der Waals surface area (Å²) in [7, 11) is 1.66. The maximum atomic E-state index is 15.9. The van der Waals surface area contributed by atoms with Crippen molar-refractivity contribution in [2.24, 2.45) is 0 Å². The number of ether oxygens (including phenoxy) is 4. The number of rotatable bonds is 15. The summed E-state index contributed by atoms with van der Waals surface area (Å²) in [5, 5.41) is 0. The Kier molecular flexibility index (Phi) is 20.0. The lowest BCUT2D eigenvalue weighted by atomic mass is 9.12. The smallest absolute Gasteiger partial charge is 0.422 e. The zero-order valence-corrected chi connectivity index (χ0v) is 41.4. The average Bonchev–Trinajstić information content (AvgIpc) is 3.46. The molecule has 0 fully saturated rings. The highest BCUT2D eigenvalue weighted by Crippen LogP contribution is 2.42. The first kappa shape index (κ1) is 65.6. The van der Waals surface area contributed by atoms with Crippen LogP contribution in [0, 0.1) is 96.6 Å². The molecule has 442 valence electrons. The predicted octanol–water partition coefficient (Wildman–Crippen LogP) is 9.23. The molecular weight excluding hydrogens is 1300 g/mol. The third kappa shape index (κ3) is 12.6. The Morgan fingerprint density at radius 3 is 0.864 bits per heavy atom. The topological polar surface area (TPSA) is 36.9 Å². The van der Waals surface area contributed by atoms with Crippen molar-refractivity contribution in [3.8, 4) is 16.9 Å². The Morgan fingerprint density at radius 2 is 0.605 bits per heavy atom. The van der Waals surface area contributed by atoms with Gasteiger partial charge in [-0.25, -0.2) is 70.2 Å². The molecular formula is C47H24BF28IO4. The van der Waals surface area contributed by atoms with Crippen molar-refractivity contribution >= 4 is 28.0 Å².